The molecule has 0 aliphatic carbocycles. The van der Waals surface area contributed by atoms with Crippen LogP contribution in [0.25, 0.3) is 0 Å². The molecule has 2 unspecified atom stereocenters. The molecule has 1 aromatic carbocycles. The Morgan fingerprint density at radius 1 is 1.44 bits per heavy atom. The van der Waals surface area contributed by atoms with Crippen LogP contribution < -0.4 is 11.2 Å². The van der Waals surface area contributed by atoms with Crippen molar-refractivity contribution in [2.45, 2.75) is 17.5 Å². The van der Waals surface area contributed by atoms with Gasteiger partial charge >= 0.3 is 0 Å². The highest BCUT2D eigenvalue weighted by molar-refractivity contribution is 8.01. The molecule has 0 fully saturated rings. The summed E-state index contributed by atoms with van der Waals surface area (Å²) < 4.78 is 0. The van der Waals surface area contributed by atoms with Crippen molar-refractivity contribution in [1.29, 1.82) is 0 Å². The molecular formula is C11H13N3OS. The van der Waals surface area contributed by atoms with Gasteiger partial charge in [0, 0.05) is 10.9 Å². The molecule has 2 atom stereocenters. The van der Waals surface area contributed by atoms with E-state index in [-0.39, 0.29) is 10.6 Å². The van der Waals surface area contributed by atoms with Crippen molar-refractivity contribution in [2.75, 3.05) is 5.73 Å². The molecule has 0 saturated carbocycles. The van der Waals surface area contributed by atoms with E-state index < -0.39 is 0 Å². The lowest BCUT2D eigenvalue weighted by atomic mass is 10.1. The minimum atomic E-state index is -0.243. The van der Waals surface area contributed by atoms with Gasteiger partial charge in [0.2, 0.25) is 0 Å². The van der Waals surface area contributed by atoms with Crippen molar-refractivity contribution >= 4 is 29.4 Å². The Bertz CT molecular complexity index is 416. The van der Waals surface area contributed by atoms with Crippen molar-refractivity contribution in [3.63, 3.8) is 0 Å². The summed E-state index contributed by atoms with van der Waals surface area (Å²) in [5.41, 5.74) is 11.2. The smallest absolute Gasteiger partial charge is 0.154 e. The largest absolute Gasteiger partial charge is 0.399 e. The third-order valence-electron chi connectivity index (χ3n) is 2.38. The van der Waals surface area contributed by atoms with Crippen LogP contribution in [0.1, 0.15) is 12.5 Å². The SMILES string of the molecule is CC1SC(C=O)NN=C1c1ccc(N)cc1. The Labute approximate surface area is 98.3 Å². The van der Waals surface area contributed by atoms with Gasteiger partial charge in [0.25, 0.3) is 0 Å². The predicted molar refractivity (Wildman–Crippen MR) is 67.4 cm³/mol. The van der Waals surface area contributed by atoms with Crippen LogP contribution in [0.5, 0.6) is 0 Å². The maximum atomic E-state index is 10.6. The van der Waals surface area contributed by atoms with Crippen LogP contribution in [0.15, 0.2) is 29.4 Å². The highest BCUT2D eigenvalue weighted by Crippen LogP contribution is 2.23. The van der Waals surface area contributed by atoms with E-state index in [0.29, 0.717) is 0 Å². The second-order valence-corrected chi connectivity index (χ2v) is 5.07. The number of carbonyl (C=O) groups excluding carboxylic acids is 1. The average Bonchev–Trinajstić information content (AvgIpc) is 2.30. The Balaban J connectivity index is 2.24. The molecule has 0 aromatic heterocycles. The maximum absolute atomic E-state index is 10.6. The Morgan fingerprint density at radius 3 is 2.69 bits per heavy atom. The van der Waals surface area contributed by atoms with E-state index in [2.05, 4.69) is 10.5 Å². The van der Waals surface area contributed by atoms with E-state index in [1.807, 2.05) is 31.2 Å². The zero-order chi connectivity index (χ0) is 11.5. The monoisotopic (exact) mass is 235 g/mol. The second-order valence-electron chi connectivity index (χ2n) is 3.58. The first-order chi connectivity index (χ1) is 7.70. The summed E-state index contributed by atoms with van der Waals surface area (Å²) in [5, 5.41) is 4.19. The Kier molecular flexibility index (Phi) is 3.14. The number of aldehydes is 1. The molecule has 0 bridgehead atoms. The predicted octanol–water partition coefficient (Wildman–Crippen LogP) is 1.22. The van der Waals surface area contributed by atoms with Gasteiger partial charge in [-0.2, -0.15) is 5.10 Å². The zero-order valence-electron chi connectivity index (χ0n) is 8.88. The number of rotatable bonds is 2. The number of thioether (sulfide) groups is 1. The van der Waals surface area contributed by atoms with Gasteiger partial charge in [-0.15, -0.1) is 11.8 Å². The molecule has 1 heterocycles. The Morgan fingerprint density at radius 2 is 2.12 bits per heavy atom. The van der Waals surface area contributed by atoms with E-state index in [1.165, 1.54) is 0 Å². The van der Waals surface area contributed by atoms with E-state index >= 15 is 0 Å². The van der Waals surface area contributed by atoms with Crippen molar-refractivity contribution in [3.05, 3.63) is 29.8 Å². The van der Waals surface area contributed by atoms with Crippen LogP contribution in [0.4, 0.5) is 5.69 Å². The summed E-state index contributed by atoms with van der Waals surface area (Å²) in [5.74, 6) is 0. The molecule has 3 N–H and O–H groups in total. The van der Waals surface area contributed by atoms with Gasteiger partial charge in [0.1, 0.15) is 5.37 Å². The molecule has 1 aliphatic heterocycles. The first kappa shape index (κ1) is 11.0. The Hall–Kier alpha value is -1.49. The van der Waals surface area contributed by atoms with Gasteiger partial charge in [-0.1, -0.05) is 12.1 Å². The summed E-state index contributed by atoms with van der Waals surface area (Å²) in [7, 11) is 0. The molecule has 1 aliphatic rings. The lowest BCUT2D eigenvalue weighted by Crippen LogP contribution is -2.35. The minimum Gasteiger partial charge on any atom is -0.399 e. The van der Waals surface area contributed by atoms with E-state index in [1.54, 1.807) is 11.8 Å². The van der Waals surface area contributed by atoms with Gasteiger partial charge in [0.15, 0.2) is 6.29 Å². The maximum Gasteiger partial charge on any atom is 0.154 e. The first-order valence-corrected chi connectivity index (χ1v) is 5.95. The highest BCUT2D eigenvalue weighted by Gasteiger charge is 2.23. The third-order valence-corrected chi connectivity index (χ3v) is 3.52. The number of hydrogen-bond acceptors (Lipinski definition) is 5. The summed E-state index contributed by atoms with van der Waals surface area (Å²) >= 11 is 1.55. The summed E-state index contributed by atoms with van der Waals surface area (Å²) in [6, 6.07) is 7.57. The number of nitrogens with zero attached hydrogens (tertiary/aromatic N) is 1. The van der Waals surface area contributed by atoms with E-state index in [9.17, 15) is 4.79 Å². The molecule has 0 spiro atoms. The molecule has 0 amide bonds. The quantitative estimate of drug-likeness (QED) is 0.597. The van der Waals surface area contributed by atoms with Crippen LogP contribution in [-0.2, 0) is 4.79 Å². The number of hydrazone groups is 1. The molecular weight excluding hydrogens is 222 g/mol. The topological polar surface area (TPSA) is 67.5 Å². The zero-order valence-corrected chi connectivity index (χ0v) is 9.70. The van der Waals surface area contributed by atoms with Gasteiger partial charge in [0.05, 0.1) is 5.71 Å². The molecule has 1 aromatic rings. The van der Waals surface area contributed by atoms with Crippen molar-refractivity contribution < 1.29 is 4.79 Å². The third kappa shape index (κ3) is 2.19. The highest BCUT2D eigenvalue weighted by atomic mass is 32.2. The number of nitrogens with one attached hydrogen (secondary N) is 1. The van der Waals surface area contributed by atoms with Crippen LogP contribution in [-0.4, -0.2) is 22.6 Å². The molecule has 5 heteroatoms. The summed E-state index contributed by atoms with van der Waals surface area (Å²) in [6.45, 7) is 2.04. The van der Waals surface area contributed by atoms with E-state index in [0.717, 1.165) is 23.2 Å². The second kappa shape index (κ2) is 4.57. The summed E-state index contributed by atoms with van der Waals surface area (Å²) in [6.07, 6.45) is 0.866. The number of carbonyl (C=O) groups is 1. The van der Waals surface area contributed by atoms with Crippen molar-refractivity contribution in [3.8, 4) is 0 Å². The number of nitrogen functional groups attached to an aromatic ring is 1. The van der Waals surface area contributed by atoms with Crippen LogP contribution >= 0.6 is 11.8 Å². The standard InChI is InChI=1S/C11H13N3OS/c1-7-11(14-13-10(6-15)16-7)8-2-4-9(12)5-3-8/h2-7,10,13H,12H2,1H3. The summed E-state index contributed by atoms with van der Waals surface area (Å²) in [4.78, 5) is 10.6. The first-order valence-electron chi connectivity index (χ1n) is 5.00. The molecule has 16 heavy (non-hydrogen) atoms. The number of anilines is 1. The normalized spacial score (nSPS) is 24.4. The molecule has 0 saturated heterocycles. The van der Waals surface area contributed by atoms with Gasteiger partial charge in [-0.3, -0.25) is 5.43 Å². The fourth-order valence-corrected chi connectivity index (χ4v) is 2.49. The lowest BCUT2D eigenvalue weighted by Gasteiger charge is -2.24. The van der Waals surface area contributed by atoms with Crippen molar-refractivity contribution in [2.24, 2.45) is 5.10 Å². The van der Waals surface area contributed by atoms with Crippen LogP contribution in [0.3, 0.4) is 0 Å². The fourth-order valence-electron chi connectivity index (χ4n) is 1.55. The van der Waals surface area contributed by atoms with Crippen LogP contribution in [0.2, 0.25) is 0 Å². The number of hydrogen-bond donors (Lipinski definition) is 2. The molecule has 2 rings (SSSR count). The molecule has 84 valence electrons. The van der Waals surface area contributed by atoms with Gasteiger partial charge < -0.3 is 10.5 Å². The molecule has 4 nitrogen and oxygen atoms in total. The number of nitrogens with two attached hydrogens (primary N) is 1. The number of benzene rings is 1. The van der Waals surface area contributed by atoms with Crippen molar-refractivity contribution in [1.82, 2.24) is 5.43 Å². The molecule has 0 radical (unpaired) electrons. The average molecular weight is 235 g/mol. The van der Waals surface area contributed by atoms with E-state index in [4.69, 9.17) is 5.73 Å². The minimum absolute atomic E-state index is 0.195. The fraction of sp³-hybridized carbons (Fsp3) is 0.273. The lowest BCUT2D eigenvalue weighted by molar-refractivity contribution is -0.107. The van der Waals surface area contributed by atoms with Crippen LogP contribution in [0, 0.1) is 0 Å². The van der Waals surface area contributed by atoms with Gasteiger partial charge in [-0.25, -0.2) is 0 Å². The van der Waals surface area contributed by atoms with Gasteiger partial charge in [-0.05, 0) is 24.6 Å².